The molecule has 1 aliphatic heterocycles. The molecule has 2 amide bonds. The normalized spacial score (nSPS) is 15.3. The Hall–Kier alpha value is -2.63. The fraction of sp³-hybridized carbons (Fsp3) is 0.217. The first-order valence-electron chi connectivity index (χ1n) is 10.1. The summed E-state index contributed by atoms with van der Waals surface area (Å²) in [4.78, 5) is 33.8. The minimum atomic E-state index is -0.394. The number of thiazole rings is 1. The van der Waals surface area contributed by atoms with Crippen LogP contribution < -0.4 is 4.90 Å². The predicted octanol–water partition coefficient (Wildman–Crippen LogP) is 6.14. The molecular weight excluding hydrogens is 503 g/mol. The van der Waals surface area contributed by atoms with Crippen LogP contribution in [0, 0.1) is 11.3 Å². The Labute approximate surface area is 209 Å². The third-order valence-corrected chi connectivity index (χ3v) is 6.91. The van der Waals surface area contributed by atoms with Gasteiger partial charge in [-0.1, -0.05) is 34.8 Å². The van der Waals surface area contributed by atoms with Crippen molar-refractivity contribution in [1.82, 2.24) is 9.88 Å². The van der Waals surface area contributed by atoms with Crippen LogP contribution in [0.4, 0.5) is 10.8 Å². The average molecular weight is 520 g/mol. The van der Waals surface area contributed by atoms with E-state index in [0.29, 0.717) is 39.5 Å². The van der Waals surface area contributed by atoms with Gasteiger partial charge in [0.2, 0.25) is 5.91 Å². The molecule has 1 saturated heterocycles. The van der Waals surface area contributed by atoms with Gasteiger partial charge in [-0.15, -0.1) is 11.3 Å². The molecule has 0 aliphatic carbocycles. The Morgan fingerprint density at radius 3 is 2.58 bits per heavy atom. The Morgan fingerprint density at radius 2 is 1.88 bits per heavy atom. The standard InChI is InChI=1S/C23H17Cl3N4O2S/c24-14-3-6-17(7-4-14)30(22(32)19-8-5-15(25)10-20(19)26)23-28-16(13-33-23)11-21(31)29-9-1-2-18(29)12-27/h3-8,10,13,18H,1-2,9,11H2. The van der Waals surface area contributed by atoms with E-state index in [-0.39, 0.29) is 22.9 Å². The van der Waals surface area contributed by atoms with Crippen LogP contribution in [0.15, 0.2) is 47.8 Å². The highest BCUT2D eigenvalue weighted by Crippen LogP contribution is 2.33. The first-order valence-corrected chi connectivity index (χ1v) is 12.1. The summed E-state index contributed by atoms with van der Waals surface area (Å²) in [5, 5.41) is 12.5. The molecule has 3 aromatic rings. The number of hydrogen-bond donors (Lipinski definition) is 0. The van der Waals surface area contributed by atoms with Gasteiger partial charge in [-0.05, 0) is 55.3 Å². The van der Waals surface area contributed by atoms with Gasteiger partial charge in [0.15, 0.2) is 5.13 Å². The fourth-order valence-corrected chi connectivity index (χ4v) is 5.08. The van der Waals surface area contributed by atoms with Crippen molar-refractivity contribution in [2.24, 2.45) is 0 Å². The van der Waals surface area contributed by atoms with Crippen LogP contribution in [0.25, 0.3) is 0 Å². The van der Waals surface area contributed by atoms with Gasteiger partial charge in [0.1, 0.15) is 6.04 Å². The van der Waals surface area contributed by atoms with Gasteiger partial charge < -0.3 is 4.90 Å². The number of carbonyl (C=O) groups excluding carboxylic acids is 2. The zero-order valence-electron chi connectivity index (χ0n) is 17.2. The van der Waals surface area contributed by atoms with Crippen LogP contribution in [0.3, 0.4) is 0 Å². The second-order valence-corrected chi connectivity index (χ2v) is 9.53. The molecule has 1 aliphatic rings. The van der Waals surface area contributed by atoms with E-state index in [2.05, 4.69) is 11.1 Å². The monoisotopic (exact) mass is 518 g/mol. The Morgan fingerprint density at radius 1 is 1.15 bits per heavy atom. The molecule has 0 bridgehead atoms. The molecule has 168 valence electrons. The van der Waals surface area contributed by atoms with Crippen LogP contribution in [0.5, 0.6) is 0 Å². The lowest BCUT2D eigenvalue weighted by molar-refractivity contribution is -0.130. The number of nitriles is 1. The van der Waals surface area contributed by atoms with E-state index in [4.69, 9.17) is 34.8 Å². The second-order valence-electron chi connectivity index (χ2n) is 7.41. The van der Waals surface area contributed by atoms with Crippen LogP contribution in [-0.4, -0.2) is 34.3 Å². The fourth-order valence-electron chi connectivity index (χ4n) is 3.62. The number of hydrogen-bond acceptors (Lipinski definition) is 5. The first kappa shape index (κ1) is 23.5. The van der Waals surface area contributed by atoms with Crippen LogP contribution in [0.1, 0.15) is 28.9 Å². The summed E-state index contributed by atoms with van der Waals surface area (Å²) in [7, 11) is 0. The van der Waals surface area contributed by atoms with Crippen molar-refractivity contribution in [2.45, 2.75) is 25.3 Å². The SMILES string of the molecule is N#CC1CCCN1C(=O)Cc1csc(N(C(=O)c2ccc(Cl)cc2Cl)c2ccc(Cl)cc2)n1. The third kappa shape index (κ3) is 5.15. The molecule has 1 fully saturated rings. The Bertz CT molecular complexity index is 1240. The number of amides is 2. The van der Waals surface area contributed by atoms with Crippen molar-refractivity contribution < 1.29 is 9.59 Å². The number of rotatable bonds is 5. The van der Waals surface area contributed by atoms with Crippen LogP contribution >= 0.6 is 46.1 Å². The van der Waals surface area contributed by atoms with Gasteiger partial charge >= 0.3 is 0 Å². The lowest BCUT2D eigenvalue weighted by atomic mass is 10.2. The summed E-state index contributed by atoms with van der Waals surface area (Å²) >= 11 is 19.6. The highest BCUT2D eigenvalue weighted by atomic mass is 35.5. The van der Waals surface area contributed by atoms with Gasteiger partial charge in [0.25, 0.3) is 5.91 Å². The molecule has 1 aromatic heterocycles. The van der Waals surface area contributed by atoms with E-state index in [9.17, 15) is 14.9 Å². The van der Waals surface area contributed by atoms with E-state index < -0.39 is 11.9 Å². The highest BCUT2D eigenvalue weighted by Gasteiger charge is 2.30. The first-order chi connectivity index (χ1) is 15.9. The predicted molar refractivity (Wildman–Crippen MR) is 131 cm³/mol. The highest BCUT2D eigenvalue weighted by molar-refractivity contribution is 7.14. The molecule has 4 rings (SSSR count). The summed E-state index contributed by atoms with van der Waals surface area (Å²) in [6, 6.07) is 13.2. The van der Waals surface area contributed by atoms with Gasteiger partial charge in [-0.25, -0.2) is 4.98 Å². The van der Waals surface area contributed by atoms with Gasteiger partial charge in [0, 0.05) is 22.0 Å². The third-order valence-electron chi connectivity index (χ3n) is 5.23. The Balaban J connectivity index is 1.65. The van der Waals surface area contributed by atoms with E-state index >= 15 is 0 Å². The molecular formula is C23H17Cl3N4O2S. The molecule has 0 radical (unpaired) electrons. The summed E-state index contributed by atoms with van der Waals surface area (Å²) in [6.07, 6.45) is 1.55. The van der Waals surface area contributed by atoms with Crippen LogP contribution in [-0.2, 0) is 11.2 Å². The number of anilines is 2. The van der Waals surface area contributed by atoms with Crippen molar-refractivity contribution in [3.05, 3.63) is 74.2 Å². The van der Waals surface area contributed by atoms with Crippen molar-refractivity contribution >= 4 is 68.8 Å². The minimum Gasteiger partial charge on any atom is -0.326 e. The molecule has 10 heteroatoms. The molecule has 1 atom stereocenters. The largest absolute Gasteiger partial charge is 0.326 e. The molecule has 1 unspecified atom stereocenters. The van der Waals surface area contributed by atoms with Gasteiger partial charge in [-0.2, -0.15) is 5.26 Å². The molecule has 2 heterocycles. The van der Waals surface area contributed by atoms with Crippen molar-refractivity contribution in [3.8, 4) is 6.07 Å². The van der Waals surface area contributed by atoms with Crippen LogP contribution in [0.2, 0.25) is 15.1 Å². The maximum atomic E-state index is 13.5. The molecule has 33 heavy (non-hydrogen) atoms. The second kappa shape index (κ2) is 10.1. The van der Waals surface area contributed by atoms with E-state index in [1.165, 1.54) is 22.3 Å². The number of aromatic nitrogens is 1. The summed E-state index contributed by atoms with van der Waals surface area (Å²) in [5.41, 5.74) is 1.34. The Kier molecular flexibility index (Phi) is 7.20. The maximum absolute atomic E-state index is 13.5. The van der Waals surface area contributed by atoms with E-state index in [0.717, 1.165) is 6.42 Å². The lowest BCUT2D eigenvalue weighted by Crippen LogP contribution is -2.35. The molecule has 6 nitrogen and oxygen atoms in total. The number of benzene rings is 2. The van der Waals surface area contributed by atoms with E-state index in [1.807, 2.05) is 0 Å². The molecule has 0 N–H and O–H groups in total. The van der Waals surface area contributed by atoms with Crippen molar-refractivity contribution in [2.75, 3.05) is 11.4 Å². The number of likely N-dealkylation sites (tertiary alicyclic amines) is 1. The van der Waals surface area contributed by atoms with E-state index in [1.54, 1.807) is 46.7 Å². The molecule has 2 aromatic carbocycles. The van der Waals surface area contributed by atoms with Crippen molar-refractivity contribution in [3.63, 3.8) is 0 Å². The topological polar surface area (TPSA) is 77.3 Å². The number of halogens is 3. The lowest BCUT2D eigenvalue weighted by Gasteiger charge is -2.21. The minimum absolute atomic E-state index is 0.0546. The van der Waals surface area contributed by atoms with Crippen molar-refractivity contribution in [1.29, 1.82) is 5.26 Å². The number of carbonyl (C=O) groups is 2. The zero-order chi connectivity index (χ0) is 23.5. The summed E-state index contributed by atoms with van der Waals surface area (Å²) in [5.74, 6) is -0.545. The number of nitrogens with zero attached hydrogens (tertiary/aromatic N) is 4. The smallest absolute Gasteiger partial charge is 0.266 e. The van der Waals surface area contributed by atoms with Gasteiger partial charge in [-0.3, -0.25) is 14.5 Å². The summed E-state index contributed by atoms with van der Waals surface area (Å²) < 4.78 is 0. The molecule has 0 saturated carbocycles. The van der Waals surface area contributed by atoms with Gasteiger partial charge in [0.05, 0.1) is 34.5 Å². The summed E-state index contributed by atoms with van der Waals surface area (Å²) in [6.45, 7) is 0.568. The quantitative estimate of drug-likeness (QED) is 0.406. The molecule has 0 spiro atoms. The maximum Gasteiger partial charge on any atom is 0.266 e. The average Bonchev–Trinajstić information content (AvgIpc) is 3.44. The zero-order valence-corrected chi connectivity index (χ0v) is 20.3.